The monoisotopic (exact) mass is 409 g/mol. The Morgan fingerprint density at radius 1 is 1.07 bits per heavy atom. The number of hydrogen-bond donors (Lipinski definition) is 1. The predicted octanol–water partition coefficient (Wildman–Crippen LogP) is 1.35. The van der Waals surface area contributed by atoms with Crippen LogP contribution in [-0.2, 0) is 19.6 Å². The average molecular weight is 410 g/mol. The number of nitrogens with two attached hydrogens (primary N) is 1. The smallest absolute Gasteiger partial charge is 0.340 e. The van der Waals surface area contributed by atoms with Gasteiger partial charge in [0.15, 0.2) is 0 Å². The van der Waals surface area contributed by atoms with Gasteiger partial charge >= 0.3 is 5.97 Å². The number of anilines is 1. The molecule has 2 N–H and O–H groups in total. The first-order valence-electron chi connectivity index (χ1n) is 9.60. The van der Waals surface area contributed by atoms with Gasteiger partial charge in [-0.15, -0.1) is 0 Å². The normalized spacial score (nSPS) is 18.8. The highest BCUT2D eigenvalue weighted by atomic mass is 32.2. The van der Waals surface area contributed by atoms with Crippen LogP contribution in [0, 0.1) is 5.92 Å². The van der Waals surface area contributed by atoms with Crippen LogP contribution in [-0.4, -0.2) is 58.5 Å². The second-order valence-electron chi connectivity index (χ2n) is 7.36. The maximum absolute atomic E-state index is 12.7. The molecule has 2 saturated heterocycles. The molecule has 0 radical (unpaired) electrons. The van der Waals surface area contributed by atoms with E-state index in [0.29, 0.717) is 31.6 Å². The minimum absolute atomic E-state index is 0.000352. The van der Waals surface area contributed by atoms with Gasteiger partial charge in [0.05, 0.1) is 23.3 Å². The van der Waals surface area contributed by atoms with Gasteiger partial charge in [0.25, 0.3) is 0 Å². The molecular weight excluding hydrogens is 382 g/mol. The molecule has 0 aliphatic carbocycles. The van der Waals surface area contributed by atoms with E-state index in [1.165, 1.54) is 25.7 Å². The third-order valence-corrected chi connectivity index (χ3v) is 6.47. The van der Waals surface area contributed by atoms with E-state index in [9.17, 15) is 18.0 Å². The third-order valence-electron chi connectivity index (χ3n) is 5.55. The number of esters is 1. The molecule has 0 spiro atoms. The van der Waals surface area contributed by atoms with Crippen molar-refractivity contribution in [3.63, 3.8) is 0 Å². The Labute approximate surface area is 165 Å². The zero-order chi connectivity index (χ0) is 20.3. The third kappa shape index (κ3) is 4.47. The van der Waals surface area contributed by atoms with Crippen LogP contribution in [0.5, 0.6) is 0 Å². The molecule has 1 aromatic rings. The Morgan fingerprint density at radius 3 is 2.29 bits per heavy atom. The van der Waals surface area contributed by atoms with Crippen molar-refractivity contribution >= 4 is 27.6 Å². The Kier molecular flexibility index (Phi) is 6.24. The fourth-order valence-corrected chi connectivity index (χ4v) is 4.52. The fourth-order valence-electron chi connectivity index (χ4n) is 3.98. The molecule has 2 heterocycles. The van der Waals surface area contributed by atoms with Crippen LogP contribution in [0.15, 0.2) is 23.1 Å². The van der Waals surface area contributed by atoms with Gasteiger partial charge in [-0.3, -0.25) is 4.79 Å². The lowest BCUT2D eigenvalue weighted by molar-refractivity contribution is -0.137. The van der Waals surface area contributed by atoms with Crippen molar-refractivity contribution in [2.24, 2.45) is 11.1 Å². The topological polar surface area (TPSA) is 110 Å². The number of carbonyl (C=O) groups is 2. The van der Waals surface area contributed by atoms with E-state index < -0.39 is 16.0 Å². The minimum atomic E-state index is -3.92. The van der Waals surface area contributed by atoms with Crippen molar-refractivity contribution < 1.29 is 22.7 Å². The number of benzene rings is 1. The van der Waals surface area contributed by atoms with Crippen LogP contribution >= 0.6 is 0 Å². The number of amides is 1. The lowest BCUT2D eigenvalue weighted by atomic mass is 9.93. The zero-order valence-corrected chi connectivity index (χ0v) is 16.9. The zero-order valence-electron chi connectivity index (χ0n) is 16.1. The molecule has 2 aliphatic rings. The van der Waals surface area contributed by atoms with Crippen LogP contribution in [0.25, 0.3) is 0 Å². The summed E-state index contributed by atoms with van der Waals surface area (Å²) < 4.78 is 28.1. The summed E-state index contributed by atoms with van der Waals surface area (Å²) >= 11 is 0. The van der Waals surface area contributed by atoms with Gasteiger partial charge in [-0.2, -0.15) is 0 Å². The van der Waals surface area contributed by atoms with Gasteiger partial charge in [-0.1, -0.05) is 0 Å². The number of hydrogen-bond acceptors (Lipinski definition) is 6. The van der Waals surface area contributed by atoms with E-state index in [1.807, 2.05) is 9.80 Å². The second kappa shape index (κ2) is 8.48. The summed E-state index contributed by atoms with van der Waals surface area (Å²) in [6.07, 6.45) is 4.74. The number of sulfonamides is 1. The molecule has 0 bridgehead atoms. The van der Waals surface area contributed by atoms with Crippen molar-refractivity contribution in [1.29, 1.82) is 0 Å². The van der Waals surface area contributed by atoms with Crippen molar-refractivity contribution in [3.8, 4) is 0 Å². The summed E-state index contributed by atoms with van der Waals surface area (Å²) in [7, 11) is -2.67. The maximum Gasteiger partial charge on any atom is 0.340 e. The highest BCUT2D eigenvalue weighted by molar-refractivity contribution is 7.89. The predicted molar refractivity (Wildman–Crippen MR) is 105 cm³/mol. The first-order valence-corrected chi connectivity index (χ1v) is 11.1. The summed E-state index contributed by atoms with van der Waals surface area (Å²) in [5.74, 6) is -0.385. The SMILES string of the molecule is COC(=O)c1cc(S(N)(=O)=O)ccc1N1CCC(C(=O)N2CCCCC2)CC1. The number of methoxy groups -OCH3 is 1. The molecule has 1 aromatic carbocycles. The number of piperidine rings is 2. The van der Waals surface area contributed by atoms with E-state index in [-0.39, 0.29) is 22.3 Å². The molecule has 28 heavy (non-hydrogen) atoms. The second-order valence-corrected chi connectivity index (χ2v) is 8.92. The molecule has 0 atom stereocenters. The number of likely N-dealkylation sites (tertiary alicyclic amines) is 1. The molecule has 9 heteroatoms. The van der Waals surface area contributed by atoms with Crippen molar-refractivity contribution in [2.75, 3.05) is 38.2 Å². The largest absolute Gasteiger partial charge is 0.465 e. The summed E-state index contributed by atoms with van der Waals surface area (Å²) in [6.45, 7) is 2.92. The van der Waals surface area contributed by atoms with Gasteiger partial charge in [0, 0.05) is 32.1 Å². The highest BCUT2D eigenvalue weighted by Crippen LogP contribution is 2.30. The Morgan fingerprint density at radius 2 is 1.71 bits per heavy atom. The molecule has 0 aromatic heterocycles. The molecule has 2 fully saturated rings. The average Bonchev–Trinajstić information content (AvgIpc) is 2.72. The minimum Gasteiger partial charge on any atom is -0.465 e. The molecule has 2 aliphatic heterocycles. The first kappa shape index (κ1) is 20.6. The van der Waals surface area contributed by atoms with E-state index in [0.717, 1.165) is 25.9 Å². The van der Waals surface area contributed by atoms with Gasteiger partial charge in [-0.25, -0.2) is 18.4 Å². The quantitative estimate of drug-likeness (QED) is 0.752. The lowest BCUT2D eigenvalue weighted by Crippen LogP contribution is -2.44. The highest BCUT2D eigenvalue weighted by Gasteiger charge is 2.31. The van der Waals surface area contributed by atoms with Crippen LogP contribution in [0.2, 0.25) is 0 Å². The Bertz CT molecular complexity index is 841. The molecule has 3 rings (SSSR count). The number of nitrogens with zero attached hydrogens (tertiary/aromatic N) is 2. The molecule has 154 valence electrons. The van der Waals surface area contributed by atoms with E-state index >= 15 is 0 Å². The van der Waals surface area contributed by atoms with Crippen molar-refractivity contribution in [1.82, 2.24) is 4.90 Å². The molecule has 0 unspecified atom stereocenters. The maximum atomic E-state index is 12.7. The van der Waals surface area contributed by atoms with Gasteiger partial charge in [0.2, 0.25) is 15.9 Å². The number of carbonyl (C=O) groups excluding carboxylic acids is 2. The number of rotatable bonds is 4. The lowest BCUT2D eigenvalue weighted by Gasteiger charge is -2.37. The molecular formula is C19H27N3O5S. The molecule has 8 nitrogen and oxygen atoms in total. The first-order chi connectivity index (χ1) is 13.3. The van der Waals surface area contributed by atoms with Crippen LogP contribution in [0.4, 0.5) is 5.69 Å². The van der Waals surface area contributed by atoms with Crippen LogP contribution in [0.3, 0.4) is 0 Å². The number of ether oxygens (including phenoxy) is 1. The van der Waals surface area contributed by atoms with E-state index in [1.54, 1.807) is 6.07 Å². The summed E-state index contributed by atoms with van der Waals surface area (Å²) in [4.78, 5) is 28.8. The standard InChI is InChI=1S/C19H27N3O5S/c1-27-19(24)16-13-15(28(20,25)26)5-6-17(16)21-11-7-14(8-12-21)18(23)22-9-3-2-4-10-22/h5-6,13-14H,2-4,7-12H2,1H3,(H2,20,25,26). The van der Waals surface area contributed by atoms with Crippen molar-refractivity contribution in [2.45, 2.75) is 37.0 Å². The summed E-state index contributed by atoms with van der Waals surface area (Å²) in [6, 6.07) is 4.22. The summed E-state index contributed by atoms with van der Waals surface area (Å²) in [5, 5.41) is 5.18. The van der Waals surface area contributed by atoms with Gasteiger partial charge in [-0.05, 0) is 50.3 Å². The van der Waals surface area contributed by atoms with E-state index in [4.69, 9.17) is 9.88 Å². The fraction of sp³-hybridized carbons (Fsp3) is 0.579. The Hall–Kier alpha value is -2.13. The molecule has 1 amide bonds. The Balaban J connectivity index is 1.74. The molecule has 0 saturated carbocycles. The van der Waals surface area contributed by atoms with E-state index in [2.05, 4.69) is 0 Å². The van der Waals surface area contributed by atoms with Gasteiger partial charge < -0.3 is 14.5 Å². The summed E-state index contributed by atoms with van der Waals surface area (Å²) in [5.41, 5.74) is 0.762. The number of primary sulfonamides is 1. The van der Waals surface area contributed by atoms with Crippen molar-refractivity contribution in [3.05, 3.63) is 23.8 Å². The van der Waals surface area contributed by atoms with Crippen LogP contribution < -0.4 is 10.0 Å². The van der Waals surface area contributed by atoms with Crippen LogP contribution in [0.1, 0.15) is 42.5 Å². The van der Waals surface area contributed by atoms with Gasteiger partial charge in [0.1, 0.15) is 0 Å².